The molecule has 130 valence electrons. The van der Waals surface area contributed by atoms with Gasteiger partial charge in [-0.1, -0.05) is 6.07 Å². The first kappa shape index (κ1) is 15.8. The Hall–Kier alpha value is -2.44. The van der Waals surface area contributed by atoms with Crippen LogP contribution in [0.15, 0.2) is 41.8 Å². The number of methoxy groups -OCH3 is 1. The van der Waals surface area contributed by atoms with Crippen molar-refractivity contribution in [1.82, 2.24) is 9.97 Å². The fourth-order valence-corrected chi connectivity index (χ4v) is 5.33. The molecular formula is C20H17N3OS2. The average Bonchev–Trinajstić information content (AvgIpc) is 3.39. The van der Waals surface area contributed by atoms with Crippen molar-refractivity contribution in [2.75, 3.05) is 12.4 Å². The normalized spacial score (nSPS) is 13.1. The molecule has 0 bridgehead atoms. The maximum atomic E-state index is 5.26. The van der Waals surface area contributed by atoms with E-state index in [1.54, 1.807) is 18.4 Å². The van der Waals surface area contributed by atoms with Crippen molar-refractivity contribution in [1.29, 1.82) is 0 Å². The number of ether oxygens (including phenoxy) is 1. The van der Waals surface area contributed by atoms with Crippen molar-refractivity contribution in [2.24, 2.45) is 0 Å². The molecular weight excluding hydrogens is 362 g/mol. The second kappa shape index (κ2) is 6.37. The number of aryl methyl sites for hydroxylation is 2. The van der Waals surface area contributed by atoms with Crippen LogP contribution in [0, 0.1) is 0 Å². The van der Waals surface area contributed by atoms with E-state index in [1.807, 2.05) is 41.7 Å². The highest BCUT2D eigenvalue weighted by Gasteiger charge is 2.23. The Bertz CT molecular complexity index is 1070. The Kier molecular flexibility index (Phi) is 3.87. The van der Waals surface area contributed by atoms with Gasteiger partial charge < -0.3 is 10.1 Å². The van der Waals surface area contributed by atoms with E-state index >= 15 is 0 Å². The summed E-state index contributed by atoms with van der Waals surface area (Å²) in [6, 6.07) is 12.1. The third-order valence-corrected chi connectivity index (χ3v) is 6.71. The maximum absolute atomic E-state index is 5.26. The Morgan fingerprint density at radius 1 is 1.08 bits per heavy atom. The lowest BCUT2D eigenvalue weighted by atomic mass is 10.2. The molecule has 0 aliphatic heterocycles. The zero-order chi connectivity index (χ0) is 17.5. The summed E-state index contributed by atoms with van der Waals surface area (Å²) in [6.07, 6.45) is 3.51. The van der Waals surface area contributed by atoms with Crippen molar-refractivity contribution in [3.8, 4) is 16.5 Å². The summed E-state index contributed by atoms with van der Waals surface area (Å²) < 4.78 is 5.26. The lowest BCUT2D eigenvalue weighted by molar-refractivity contribution is 0.415. The van der Waals surface area contributed by atoms with E-state index in [1.165, 1.54) is 22.2 Å². The van der Waals surface area contributed by atoms with E-state index in [0.29, 0.717) is 0 Å². The molecule has 6 heteroatoms. The largest absolute Gasteiger partial charge is 0.497 e. The minimum absolute atomic E-state index is 0.795. The second-order valence-corrected chi connectivity index (χ2v) is 8.30. The van der Waals surface area contributed by atoms with Gasteiger partial charge in [0.1, 0.15) is 16.4 Å². The lowest BCUT2D eigenvalue weighted by Crippen LogP contribution is -1.99. The molecule has 3 heterocycles. The van der Waals surface area contributed by atoms with E-state index in [-0.39, 0.29) is 0 Å². The molecule has 5 rings (SSSR count). The highest BCUT2D eigenvalue weighted by atomic mass is 32.1. The average molecular weight is 380 g/mol. The number of anilines is 2. The first-order valence-corrected chi connectivity index (χ1v) is 10.3. The zero-order valence-electron chi connectivity index (χ0n) is 14.3. The van der Waals surface area contributed by atoms with Crippen LogP contribution in [0.5, 0.6) is 5.75 Å². The zero-order valence-corrected chi connectivity index (χ0v) is 15.9. The molecule has 0 saturated carbocycles. The van der Waals surface area contributed by atoms with E-state index in [4.69, 9.17) is 14.7 Å². The smallest absolute Gasteiger partial charge is 0.173 e. The van der Waals surface area contributed by atoms with Crippen LogP contribution in [0.1, 0.15) is 16.9 Å². The number of nitrogens with one attached hydrogen (secondary N) is 1. The van der Waals surface area contributed by atoms with Crippen LogP contribution in [-0.2, 0) is 12.8 Å². The van der Waals surface area contributed by atoms with Gasteiger partial charge in [0.15, 0.2) is 5.82 Å². The molecule has 0 radical (unpaired) electrons. The summed E-state index contributed by atoms with van der Waals surface area (Å²) in [6.45, 7) is 0. The molecule has 1 aliphatic rings. The summed E-state index contributed by atoms with van der Waals surface area (Å²) in [5.74, 6) is 2.55. The first-order valence-electron chi connectivity index (χ1n) is 8.59. The molecule has 0 atom stereocenters. The van der Waals surface area contributed by atoms with Crippen LogP contribution in [-0.4, -0.2) is 17.1 Å². The summed E-state index contributed by atoms with van der Waals surface area (Å²) in [5.41, 5.74) is 2.43. The van der Waals surface area contributed by atoms with Gasteiger partial charge in [0, 0.05) is 10.6 Å². The molecule has 1 aliphatic carbocycles. The second-order valence-electron chi connectivity index (χ2n) is 6.26. The quantitative estimate of drug-likeness (QED) is 0.497. The number of fused-ring (bicyclic) bond motifs is 3. The van der Waals surface area contributed by atoms with Crippen molar-refractivity contribution in [3.63, 3.8) is 0 Å². The highest BCUT2D eigenvalue weighted by molar-refractivity contribution is 7.19. The molecule has 1 aromatic carbocycles. The van der Waals surface area contributed by atoms with Gasteiger partial charge in [-0.2, -0.15) is 0 Å². The fourth-order valence-electron chi connectivity index (χ4n) is 3.41. The molecule has 0 unspecified atom stereocenters. The van der Waals surface area contributed by atoms with Crippen LogP contribution in [0.3, 0.4) is 0 Å². The molecule has 4 nitrogen and oxygen atoms in total. The van der Waals surface area contributed by atoms with Gasteiger partial charge in [-0.25, -0.2) is 9.97 Å². The number of rotatable bonds is 4. The topological polar surface area (TPSA) is 47.0 Å². The number of benzene rings is 1. The third kappa shape index (κ3) is 2.66. The monoisotopic (exact) mass is 379 g/mol. The molecule has 0 spiro atoms. The molecule has 0 amide bonds. The van der Waals surface area contributed by atoms with E-state index in [9.17, 15) is 0 Å². The number of aromatic nitrogens is 2. The molecule has 4 aromatic rings. The fraction of sp³-hybridized carbons (Fsp3) is 0.200. The summed E-state index contributed by atoms with van der Waals surface area (Å²) in [4.78, 5) is 13.4. The standard InChI is InChI=1S/C20H17N3OS2/c1-24-13-9-7-12(8-10-13)21-19-17-14-4-2-5-15(14)26-20(17)23-18(22-19)16-6-3-11-25-16/h3,6-11H,2,4-5H2,1H3,(H,21,22,23). The summed E-state index contributed by atoms with van der Waals surface area (Å²) in [7, 11) is 1.68. The number of thiophene rings is 2. The van der Waals surface area contributed by atoms with Gasteiger partial charge in [0.05, 0.1) is 17.4 Å². The van der Waals surface area contributed by atoms with Crippen molar-refractivity contribution >= 4 is 44.4 Å². The van der Waals surface area contributed by atoms with E-state index < -0.39 is 0 Å². The van der Waals surface area contributed by atoms with Crippen molar-refractivity contribution in [3.05, 3.63) is 52.2 Å². The van der Waals surface area contributed by atoms with Gasteiger partial charge in [0.25, 0.3) is 0 Å². The first-order chi connectivity index (χ1) is 12.8. The predicted octanol–water partition coefficient (Wildman–Crippen LogP) is 5.66. The minimum Gasteiger partial charge on any atom is -0.497 e. The van der Waals surface area contributed by atoms with Crippen molar-refractivity contribution < 1.29 is 4.74 Å². The van der Waals surface area contributed by atoms with Gasteiger partial charge in [-0.15, -0.1) is 22.7 Å². The lowest BCUT2D eigenvalue weighted by Gasteiger charge is -2.10. The molecule has 26 heavy (non-hydrogen) atoms. The van der Waals surface area contributed by atoms with Crippen LogP contribution in [0.4, 0.5) is 11.5 Å². The van der Waals surface area contributed by atoms with Crippen molar-refractivity contribution in [2.45, 2.75) is 19.3 Å². The Morgan fingerprint density at radius 3 is 2.73 bits per heavy atom. The maximum Gasteiger partial charge on any atom is 0.173 e. The summed E-state index contributed by atoms with van der Waals surface area (Å²) in [5, 5.41) is 6.78. The number of hydrogen-bond donors (Lipinski definition) is 1. The Morgan fingerprint density at radius 2 is 1.96 bits per heavy atom. The summed E-state index contributed by atoms with van der Waals surface area (Å²) >= 11 is 3.49. The Labute approximate surface area is 159 Å². The van der Waals surface area contributed by atoms with Gasteiger partial charge in [-0.3, -0.25) is 0 Å². The van der Waals surface area contributed by atoms with E-state index in [2.05, 4.69) is 16.8 Å². The van der Waals surface area contributed by atoms with Crippen LogP contribution in [0.25, 0.3) is 20.9 Å². The minimum atomic E-state index is 0.795. The SMILES string of the molecule is COc1ccc(Nc2nc(-c3cccs3)nc3sc4c(c23)CCC4)cc1. The predicted molar refractivity (Wildman–Crippen MR) is 109 cm³/mol. The van der Waals surface area contributed by atoms with Gasteiger partial charge in [0.2, 0.25) is 0 Å². The van der Waals surface area contributed by atoms with Crippen LogP contribution < -0.4 is 10.1 Å². The highest BCUT2D eigenvalue weighted by Crippen LogP contribution is 2.41. The third-order valence-electron chi connectivity index (χ3n) is 4.66. The van der Waals surface area contributed by atoms with Crippen LogP contribution in [0.2, 0.25) is 0 Å². The molecule has 3 aromatic heterocycles. The van der Waals surface area contributed by atoms with Gasteiger partial charge >= 0.3 is 0 Å². The van der Waals surface area contributed by atoms with Crippen LogP contribution >= 0.6 is 22.7 Å². The van der Waals surface area contributed by atoms with E-state index in [0.717, 1.165) is 45.6 Å². The van der Waals surface area contributed by atoms with Gasteiger partial charge in [-0.05, 0) is 60.5 Å². The number of hydrogen-bond acceptors (Lipinski definition) is 6. The number of nitrogens with zero attached hydrogens (tertiary/aromatic N) is 2. The Balaban J connectivity index is 1.65. The molecule has 0 saturated heterocycles. The molecule has 1 N–H and O–H groups in total. The molecule has 0 fully saturated rings.